The van der Waals surface area contributed by atoms with Crippen LogP contribution in [-0.2, 0) is 9.59 Å². The molecule has 0 aliphatic carbocycles. The van der Waals surface area contributed by atoms with Gasteiger partial charge >= 0.3 is 0 Å². The number of hydrogen-bond donors (Lipinski definition) is 1. The number of aromatic nitrogens is 1. The Hall–Kier alpha value is -3.65. The van der Waals surface area contributed by atoms with Gasteiger partial charge in [0.25, 0.3) is 11.8 Å². The van der Waals surface area contributed by atoms with E-state index in [1.807, 2.05) is 0 Å². The van der Waals surface area contributed by atoms with Gasteiger partial charge in [-0.3, -0.25) is 14.9 Å². The van der Waals surface area contributed by atoms with Crippen molar-refractivity contribution < 1.29 is 18.4 Å². The van der Waals surface area contributed by atoms with Gasteiger partial charge < -0.3 is 4.57 Å². The molecule has 31 heavy (non-hydrogen) atoms. The topological polar surface area (TPSA) is 54.3 Å². The smallest absolute Gasteiger partial charge is 0.270 e. The van der Waals surface area contributed by atoms with Crippen molar-refractivity contribution in [2.75, 3.05) is 4.90 Å². The van der Waals surface area contributed by atoms with E-state index >= 15 is 0 Å². The molecule has 0 radical (unpaired) electrons. The normalized spacial score (nSPS) is 15.5. The van der Waals surface area contributed by atoms with Crippen molar-refractivity contribution in [1.29, 1.82) is 0 Å². The van der Waals surface area contributed by atoms with Crippen LogP contribution >= 0.6 is 12.2 Å². The Morgan fingerprint density at radius 3 is 2.13 bits per heavy atom. The molecule has 8 heteroatoms. The van der Waals surface area contributed by atoms with Crippen molar-refractivity contribution in [3.8, 4) is 5.69 Å². The first-order chi connectivity index (χ1) is 14.8. The molecule has 1 aliphatic rings. The largest absolute Gasteiger partial charge is 0.315 e. The number of carbonyl (C=O) groups is 2. The van der Waals surface area contributed by atoms with Gasteiger partial charge in [-0.2, -0.15) is 0 Å². The van der Waals surface area contributed by atoms with Gasteiger partial charge in [0.15, 0.2) is 5.11 Å². The summed E-state index contributed by atoms with van der Waals surface area (Å²) in [6.07, 6.45) is 1.41. The number of nitrogens with one attached hydrogen (secondary N) is 1. The number of thiocarbonyl (C=S) groups is 1. The van der Waals surface area contributed by atoms with Gasteiger partial charge in [0.2, 0.25) is 0 Å². The molecule has 0 saturated carbocycles. The molecule has 0 atom stereocenters. The molecular formula is C23H17F2N3O2S. The second kappa shape index (κ2) is 7.88. The van der Waals surface area contributed by atoms with E-state index < -0.39 is 23.4 Å². The molecule has 0 bridgehead atoms. The molecule has 156 valence electrons. The minimum Gasteiger partial charge on any atom is -0.315 e. The lowest BCUT2D eigenvalue weighted by molar-refractivity contribution is -0.122. The Bertz CT molecular complexity index is 1280. The molecule has 5 nitrogen and oxygen atoms in total. The van der Waals surface area contributed by atoms with Gasteiger partial charge in [-0.25, -0.2) is 13.7 Å². The van der Waals surface area contributed by atoms with E-state index in [-0.39, 0.29) is 16.4 Å². The predicted octanol–water partition coefficient (Wildman–Crippen LogP) is 4.20. The average Bonchev–Trinajstić information content (AvgIpc) is 3.00. The Morgan fingerprint density at radius 2 is 1.52 bits per heavy atom. The molecule has 1 fully saturated rings. The maximum Gasteiger partial charge on any atom is 0.270 e. The third kappa shape index (κ3) is 3.55. The number of para-hydroxylation sites is 2. The fourth-order valence-electron chi connectivity index (χ4n) is 3.60. The number of aryl methyl sites for hydroxylation is 1. The molecular weight excluding hydrogens is 420 g/mol. The van der Waals surface area contributed by atoms with Gasteiger partial charge in [-0.05, 0) is 68.0 Å². The van der Waals surface area contributed by atoms with Gasteiger partial charge in [0, 0.05) is 11.4 Å². The van der Waals surface area contributed by atoms with E-state index in [0.717, 1.165) is 10.6 Å². The van der Waals surface area contributed by atoms with Crippen LogP contribution in [0, 0.1) is 25.5 Å². The Labute approximate surface area is 182 Å². The number of carbonyl (C=O) groups excluding carboxylic acids is 2. The zero-order valence-electron chi connectivity index (χ0n) is 16.6. The second-order valence-electron chi connectivity index (χ2n) is 7.02. The van der Waals surface area contributed by atoms with E-state index in [4.69, 9.17) is 12.2 Å². The van der Waals surface area contributed by atoms with Crippen LogP contribution in [0.5, 0.6) is 0 Å². The first-order valence-corrected chi connectivity index (χ1v) is 9.80. The predicted molar refractivity (Wildman–Crippen MR) is 118 cm³/mol. The molecule has 4 rings (SSSR count). The monoisotopic (exact) mass is 437 g/mol. The summed E-state index contributed by atoms with van der Waals surface area (Å²) in [6, 6.07) is 13.7. The third-order valence-corrected chi connectivity index (χ3v) is 5.34. The molecule has 2 amide bonds. The Balaban J connectivity index is 1.80. The second-order valence-corrected chi connectivity index (χ2v) is 7.41. The van der Waals surface area contributed by atoms with Gasteiger partial charge in [-0.15, -0.1) is 0 Å². The highest BCUT2D eigenvalue weighted by atomic mass is 32.1. The molecule has 1 N–H and O–H groups in total. The number of nitrogens with zero attached hydrogens (tertiary/aromatic N) is 2. The summed E-state index contributed by atoms with van der Waals surface area (Å²) in [5, 5.41) is 2.23. The SMILES string of the molecule is Cc1cc(/C=C2\C(=O)NC(=S)N(c3ccccc3F)C2=O)c(C)n1-c1ccccc1F. The fraction of sp³-hybridized carbons (Fsp3) is 0.0870. The van der Waals surface area contributed by atoms with Crippen molar-refractivity contribution in [3.05, 3.63) is 88.8 Å². The highest BCUT2D eigenvalue weighted by molar-refractivity contribution is 7.80. The van der Waals surface area contributed by atoms with Crippen LogP contribution in [-0.4, -0.2) is 21.5 Å². The number of hydrogen-bond acceptors (Lipinski definition) is 3. The van der Waals surface area contributed by atoms with Crippen molar-refractivity contribution in [2.45, 2.75) is 13.8 Å². The summed E-state index contributed by atoms with van der Waals surface area (Å²) in [5.41, 5.74) is 2.02. The molecule has 1 aromatic heterocycles. The Morgan fingerprint density at radius 1 is 0.935 bits per heavy atom. The van der Waals surface area contributed by atoms with Crippen molar-refractivity contribution in [1.82, 2.24) is 9.88 Å². The lowest BCUT2D eigenvalue weighted by atomic mass is 10.1. The molecule has 1 saturated heterocycles. The number of halogens is 2. The standard InChI is InChI=1S/C23H17F2N3O2S/c1-13-11-15(14(2)27(13)19-9-5-3-7-17(19)24)12-16-21(29)26-23(31)28(22(16)30)20-10-6-4-8-18(20)25/h3-12H,1-2H3,(H,26,29,31)/b16-12+. The molecule has 1 aliphatic heterocycles. The minimum absolute atomic E-state index is 0.0553. The van der Waals surface area contributed by atoms with Crippen LogP contribution in [0.4, 0.5) is 14.5 Å². The summed E-state index contributed by atoms with van der Waals surface area (Å²) in [7, 11) is 0. The average molecular weight is 437 g/mol. The van der Waals surface area contributed by atoms with E-state index in [0.29, 0.717) is 16.9 Å². The summed E-state index contributed by atoms with van der Waals surface area (Å²) in [6.45, 7) is 3.56. The van der Waals surface area contributed by atoms with E-state index in [1.165, 1.54) is 30.3 Å². The van der Waals surface area contributed by atoms with Gasteiger partial charge in [-0.1, -0.05) is 24.3 Å². The van der Waals surface area contributed by atoms with E-state index in [1.54, 1.807) is 48.7 Å². The molecule has 0 spiro atoms. The van der Waals surface area contributed by atoms with Gasteiger partial charge in [0.05, 0.1) is 11.4 Å². The highest BCUT2D eigenvalue weighted by Crippen LogP contribution is 2.27. The van der Waals surface area contributed by atoms with E-state index in [2.05, 4.69) is 5.32 Å². The lowest BCUT2D eigenvalue weighted by Crippen LogP contribution is -2.54. The zero-order chi connectivity index (χ0) is 22.3. The quantitative estimate of drug-likeness (QED) is 0.380. The third-order valence-electron chi connectivity index (χ3n) is 5.06. The number of benzene rings is 2. The zero-order valence-corrected chi connectivity index (χ0v) is 17.5. The maximum absolute atomic E-state index is 14.3. The summed E-state index contributed by atoms with van der Waals surface area (Å²) < 4.78 is 30.3. The van der Waals surface area contributed by atoms with Crippen molar-refractivity contribution in [2.24, 2.45) is 0 Å². The summed E-state index contributed by atoms with van der Waals surface area (Å²) in [5.74, 6) is -2.47. The first kappa shape index (κ1) is 20.6. The minimum atomic E-state index is -0.741. The maximum atomic E-state index is 14.3. The van der Waals surface area contributed by atoms with Crippen molar-refractivity contribution in [3.63, 3.8) is 0 Å². The van der Waals surface area contributed by atoms with E-state index in [9.17, 15) is 18.4 Å². The number of anilines is 1. The van der Waals surface area contributed by atoms with Crippen LogP contribution in [0.15, 0.2) is 60.2 Å². The highest BCUT2D eigenvalue weighted by Gasteiger charge is 2.35. The van der Waals surface area contributed by atoms with Crippen LogP contribution in [0.2, 0.25) is 0 Å². The van der Waals surface area contributed by atoms with Crippen LogP contribution < -0.4 is 10.2 Å². The van der Waals surface area contributed by atoms with Crippen LogP contribution in [0.25, 0.3) is 11.8 Å². The number of amides is 2. The first-order valence-electron chi connectivity index (χ1n) is 9.39. The molecule has 0 unspecified atom stereocenters. The fourth-order valence-corrected chi connectivity index (χ4v) is 3.88. The number of rotatable bonds is 3. The Kier molecular flexibility index (Phi) is 5.24. The van der Waals surface area contributed by atoms with Gasteiger partial charge in [0.1, 0.15) is 17.2 Å². The summed E-state index contributed by atoms with van der Waals surface area (Å²) >= 11 is 5.10. The molecule has 2 aromatic carbocycles. The van der Waals surface area contributed by atoms with Crippen LogP contribution in [0.1, 0.15) is 17.0 Å². The lowest BCUT2D eigenvalue weighted by Gasteiger charge is -2.29. The summed E-state index contributed by atoms with van der Waals surface area (Å²) in [4.78, 5) is 26.6. The molecule has 2 heterocycles. The molecule has 3 aromatic rings. The van der Waals surface area contributed by atoms with Crippen LogP contribution in [0.3, 0.4) is 0 Å². The van der Waals surface area contributed by atoms with Crippen molar-refractivity contribution >= 4 is 40.9 Å².